The Labute approximate surface area is 242 Å². The van der Waals surface area contributed by atoms with E-state index in [1.165, 1.54) is 16.3 Å². The van der Waals surface area contributed by atoms with E-state index in [4.69, 9.17) is 4.74 Å². The molecule has 2 fully saturated rings. The SMILES string of the molecule is O=c1n(CC2CCN(CCOc3ccccc3)CC2)cnn1CCN1CCN(Cc2ccc3ccccc3c2)CC1. The standard InChI is InChI=1S/C33H42N6O2/c40-33-38(26-28-12-14-35(15-13-28)22-23-41-32-8-2-1-3-9-32)27-34-39(33)21-20-36-16-18-37(19-17-36)25-29-10-11-30-6-4-5-7-31(30)24-29/h1-11,24,27-28H,12-23,25-26H2. The zero-order valence-corrected chi connectivity index (χ0v) is 24.0. The van der Waals surface area contributed by atoms with Crippen molar-refractivity contribution in [1.29, 1.82) is 0 Å². The Balaban J connectivity index is 0.894. The summed E-state index contributed by atoms with van der Waals surface area (Å²) in [6.45, 7) is 11.2. The fourth-order valence-electron chi connectivity index (χ4n) is 6.13. The maximum Gasteiger partial charge on any atom is 0.345 e. The lowest BCUT2D eigenvalue weighted by Gasteiger charge is -2.34. The van der Waals surface area contributed by atoms with Crippen molar-refractivity contribution in [2.75, 3.05) is 59.0 Å². The summed E-state index contributed by atoms with van der Waals surface area (Å²) >= 11 is 0. The van der Waals surface area contributed by atoms with E-state index < -0.39 is 0 Å². The van der Waals surface area contributed by atoms with Gasteiger partial charge in [-0.05, 0) is 66.4 Å². The number of piperidine rings is 1. The molecule has 0 aliphatic carbocycles. The molecule has 0 saturated carbocycles. The number of hydrogen-bond donors (Lipinski definition) is 0. The molecule has 0 N–H and O–H groups in total. The van der Waals surface area contributed by atoms with Gasteiger partial charge < -0.3 is 4.74 Å². The normalized spacial score (nSPS) is 17.8. The van der Waals surface area contributed by atoms with Crippen molar-refractivity contribution in [3.05, 3.63) is 95.2 Å². The molecule has 4 aromatic rings. The first kappa shape index (κ1) is 27.7. The number of benzene rings is 3. The van der Waals surface area contributed by atoms with Crippen molar-refractivity contribution in [1.82, 2.24) is 29.0 Å². The van der Waals surface area contributed by atoms with Crippen LogP contribution in [0, 0.1) is 5.92 Å². The van der Waals surface area contributed by atoms with E-state index in [9.17, 15) is 4.79 Å². The van der Waals surface area contributed by atoms with E-state index in [0.717, 1.165) is 84.0 Å². The molecule has 2 aliphatic rings. The molecular formula is C33H42N6O2. The summed E-state index contributed by atoms with van der Waals surface area (Å²) in [5.41, 5.74) is 1.40. The summed E-state index contributed by atoms with van der Waals surface area (Å²) in [6.07, 6.45) is 3.95. The van der Waals surface area contributed by atoms with Crippen LogP contribution >= 0.6 is 0 Å². The number of aromatic nitrogens is 3. The van der Waals surface area contributed by atoms with Crippen LogP contribution in [0.2, 0.25) is 0 Å². The van der Waals surface area contributed by atoms with Gasteiger partial charge in [0.25, 0.3) is 0 Å². The van der Waals surface area contributed by atoms with Gasteiger partial charge >= 0.3 is 5.69 Å². The highest BCUT2D eigenvalue weighted by molar-refractivity contribution is 5.82. The second kappa shape index (κ2) is 13.5. The number of fused-ring (bicyclic) bond motifs is 1. The molecule has 3 aromatic carbocycles. The molecule has 8 nitrogen and oxygen atoms in total. The molecule has 0 radical (unpaired) electrons. The lowest BCUT2D eigenvalue weighted by molar-refractivity contribution is 0.122. The summed E-state index contributed by atoms with van der Waals surface area (Å²) in [6, 6.07) is 25.3. The molecule has 8 heteroatoms. The monoisotopic (exact) mass is 554 g/mol. The van der Waals surface area contributed by atoms with Crippen molar-refractivity contribution < 1.29 is 4.74 Å². The van der Waals surface area contributed by atoms with E-state index in [-0.39, 0.29) is 5.69 Å². The van der Waals surface area contributed by atoms with Gasteiger partial charge in [0.05, 0.1) is 6.54 Å². The minimum Gasteiger partial charge on any atom is -0.492 e. The van der Waals surface area contributed by atoms with E-state index in [1.54, 1.807) is 11.0 Å². The van der Waals surface area contributed by atoms with Gasteiger partial charge in [0, 0.05) is 52.4 Å². The second-order valence-electron chi connectivity index (χ2n) is 11.5. The third-order valence-electron chi connectivity index (χ3n) is 8.69. The van der Waals surface area contributed by atoms with Crippen molar-refractivity contribution in [3.8, 4) is 5.75 Å². The predicted octanol–water partition coefficient (Wildman–Crippen LogP) is 3.81. The molecule has 0 spiro atoms. The van der Waals surface area contributed by atoms with Gasteiger partial charge in [-0.3, -0.25) is 19.3 Å². The smallest absolute Gasteiger partial charge is 0.345 e. The van der Waals surface area contributed by atoms with Gasteiger partial charge in [0.15, 0.2) is 0 Å². The van der Waals surface area contributed by atoms with Crippen molar-refractivity contribution in [3.63, 3.8) is 0 Å². The molecule has 6 rings (SSSR count). The molecule has 2 aliphatic heterocycles. The molecule has 41 heavy (non-hydrogen) atoms. The number of rotatable bonds is 11. The Bertz CT molecular complexity index is 1430. The lowest BCUT2D eigenvalue weighted by Crippen LogP contribution is -2.47. The number of nitrogens with zero attached hydrogens (tertiary/aromatic N) is 6. The Morgan fingerprint density at radius 3 is 2.24 bits per heavy atom. The third kappa shape index (κ3) is 7.44. The van der Waals surface area contributed by atoms with Crippen LogP contribution in [-0.2, 0) is 19.6 Å². The number of piperazine rings is 1. The van der Waals surface area contributed by atoms with Crippen LogP contribution in [-0.4, -0.2) is 88.0 Å². The maximum atomic E-state index is 13.0. The molecule has 3 heterocycles. The number of likely N-dealkylation sites (tertiary alicyclic amines) is 1. The quantitative estimate of drug-likeness (QED) is 0.281. The summed E-state index contributed by atoms with van der Waals surface area (Å²) < 4.78 is 9.32. The van der Waals surface area contributed by atoms with Crippen LogP contribution in [0.25, 0.3) is 10.8 Å². The Morgan fingerprint density at radius 1 is 0.732 bits per heavy atom. The van der Waals surface area contributed by atoms with Crippen LogP contribution in [0.15, 0.2) is 83.9 Å². The largest absolute Gasteiger partial charge is 0.492 e. The highest BCUT2D eigenvalue weighted by atomic mass is 16.5. The fraction of sp³-hybridized carbons (Fsp3) is 0.455. The average molecular weight is 555 g/mol. The van der Waals surface area contributed by atoms with Crippen LogP contribution in [0.1, 0.15) is 18.4 Å². The minimum absolute atomic E-state index is 0.0265. The topological polar surface area (TPSA) is 58.8 Å². The summed E-state index contributed by atoms with van der Waals surface area (Å²) in [5, 5.41) is 7.05. The highest BCUT2D eigenvalue weighted by Crippen LogP contribution is 2.19. The average Bonchev–Trinajstić information content (AvgIpc) is 3.36. The molecule has 216 valence electrons. The van der Waals surface area contributed by atoms with Gasteiger partial charge in [0.2, 0.25) is 0 Å². The van der Waals surface area contributed by atoms with Gasteiger partial charge in [-0.25, -0.2) is 9.48 Å². The second-order valence-corrected chi connectivity index (χ2v) is 11.5. The van der Waals surface area contributed by atoms with Crippen LogP contribution in [0.4, 0.5) is 0 Å². The van der Waals surface area contributed by atoms with Gasteiger partial charge in [-0.2, -0.15) is 5.10 Å². The molecule has 0 atom stereocenters. The minimum atomic E-state index is 0.0265. The number of hydrogen-bond acceptors (Lipinski definition) is 6. The zero-order valence-electron chi connectivity index (χ0n) is 24.0. The third-order valence-corrected chi connectivity index (χ3v) is 8.69. The number of para-hydroxylation sites is 1. The Hall–Kier alpha value is -3.46. The summed E-state index contributed by atoms with van der Waals surface area (Å²) in [4.78, 5) is 20.5. The molecule has 1 aromatic heterocycles. The summed E-state index contributed by atoms with van der Waals surface area (Å²) in [7, 11) is 0. The van der Waals surface area contributed by atoms with Gasteiger partial charge in [0.1, 0.15) is 18.7 Å². The number of ether oxygens (including phenoxy) is 1. The molecule has 0 bridgehead atoms. The highest BCUT2D eigenvalue weighted by Gasteiger charge is 2.21. The van der Waals surface area contributed by atoms with Crippen LogP contribution in [0.5, 0.6) is 5.75 Å². The van der Waals surface area contributed by atoms with E-state index in [2.05, 4.69) is 62.3 Å². The Morgan fingerprint density at radius 2 is 1.44 bits per heavy atom. The van der Waals surface area contributed by atoms with E-state index in [0.29, 0.717) is 19.1 Å². The lowest BCUT2D eigenvalue weighted by atomic mass is 9.97. The predicted molar refractivity (Wildman–Crippen MR) is 163 cm³/mol. The molecule has 2 saturated heterocycles. The molecular weight excluding hydrogens is 512 g/mol. The van der Waals surface area contributed by atoms with E-state index in [1.807, 2.05) is 34.9 Å². The Kier molecular flexibility index (Phi) is 9.10. The van der Waals surface area contributed by atoms with Crippen molar-refractivity contribution >= 4 is 10.8 Å². The van der Waals surface area contributed by atoms with E-state index >= 15 is 0 Å². The first-order valence-corrected chi connectivity index (χ1v) is 15.1. The first-order valence-electron chi connectivity index (χ1n) is 15.1. The van der Waals surface area contributed by atoms with Crippen LogP contribution < -0.4 is 10.4 Å². The first-order chi connectivity index (χ1) is 20.2. The van der Waals surface area contributed by atoms with Crippen molar-refractivity contribution in [2.45, 2.75) is 32.5 Å². The zero-order chi connectivity index (χ0) is 27.9. The fourth-order valence-corrected chi connectivity index (χ4v) is 6.13. The van der Waals surface area contributed by atoms with Gasteiger partial charge in [-0.1, -0.05) is 54.6 Å². The van der Waals surface area contributed by atoms with Gasteiger partial charge in [-0.15, -0.1) is 0 Å². The maximum absolute atomic E-state index is 13.0. The molecule has 0 amide bonds. The molecule has 0 unspecified atom stereocenters. The van der Waals surface area contributed by atoms with Crippen molar-refractivity contribution in [2.24, 2.45) is 5.92 Å². The van der Waals surface area contributed by atoms with Crippen LogP contribution in [0.3, 0.4) is 0 Å². The summed E-state index contributed by atoms with van der Waals surface area (Å²) in [5.74, 6) is 1.45.